The van der Waals surface area contributed by atoms with Crippen molar-refractivity contribution < 1.29 is 68.7 Å². The van der Waals surface area contributed by atoms with E-state index in [-0.39, 0.29) is 6.42 Å². The van der Waals surface area contributed by atoms with Crippen LogP contribution in [0.5, 0.6) is 0 Å². The van der Waals surface area contributed by atoms with E-state index < -0.39 is 122 Å². The predicted octanol–water partition coefficient (Wildman–Crippen LogP) is -6.74. The maximum absolute atomic E-state index is 13.0. The van der Waals surface area contributed by atoms with Crippen LogP contribution in [0, 0.1) is 0 Å². The maximum Gasteiger partial charge on any atom is 0.326 e. The Hall–Kier alpha value is -5.68. The molecule has 6 amide bonds. The summed E-state index contributed by atoms with van der Waals surface area (Å²) in [6.07, 6.45) is 1.46. The third-order valence-corrected chi connectivity index (χ3v) is 7.07. The largest absolute Gasteiger partial charge is 0.481 e. The summed E-state index contributed by atoms with van der Waals surface area (Å²) in [6.45, 7) is -2.25. The van der Waals surface area contributed by atoms with Crippen LogP contribution < -0.4 is 37.2 Å². The highest BCUT2D eigenvalue weighted by molar-refractivity contribution is 5.98. The van der Waals surface area contributed by atoms with Crippen LogP contribution in [-0.2, 0) is 49.6 Å². The third-order valence-electron chi connectivity index (χ3n) is 7.07. The minimum atomic E-state index is -2.00. The highest BCUT2D eigenvalue weighted by Gasteiger charge is 2.34. The van der Waals surface area contributed by atoms with Crippen LogP contribution in [0.2, 0.25) is 0 Å². The van der Waals surface area contributed by atoms with E-state index in [9.17, 15) is 68.7 Å². The highest BCUT2D eigenvalue weighted by atomic mass is 16.4. The van der Waals surface area contributed by atoms with Crippen LogP contribution in [-0.4, -0.2) is 151 Å². The summed E-state index contributed by atoms with van der Waals surface area (Å²) in [7, 11) is 0. The Kier molecular flexibility index (Phi) is 16.2. The number of amides is 6. The number of aliphatic hydroxyl groups excluding tert-OH is 2. The smallest absolute Gasteiger partial charge is 0.326 e. The number of H-pyrrole nitrogens is 1. The van der Waals surface area contributed by atoms with Gasteiger partial charge < -0.3 is 67.7 Å². The lowest BCUT2D eigenvalue weighted by atomic mass is 10.1. The van der Waals surface area contributed by atoms with Gasteiger partial charge in [0.25, 0.3) is 0 Å². The van der Waals surface area contributed by atoms with Gasteiger partial charge in [-0.1, -0.05) is 0 Å². The summed E-state index contributed by atoms with van der Waals surface area (Å²) in [5, 5.41) is 62.8. The molecule has 0 saturated carbocycles. The number of carboxylic acids is 3. The SMILES string of the molecule is O=C(O)C[C@H](NC(=O)CNC(=O)[C@@H]1CCCN1)C(=O)N[C@@H](CC(=O)O)C(=O)N[C@@H](CO)C(=O)N[C@@H](CO)C(=O)N[C@@H](Cc1cnc[nH]1)C(=O)O. The molecule has 0 unspecified atom stereocenters. The van der Waals surface area contributed by atoms with Crippen LogP contribution >= 0.6 is 0 Å². The van der Waals surface area contributed by atoms with Gasteiger partial charge in [-0.15, -0.1) is 0 Å². The summed E-state index contributed by atoms with van der Waals surface area (Å²) < 4.78 is 0. The Balaban J connectivity index is 2.06. The Morgan fingerprint density at radius 2 is 1.24 bits per heavy atom. The average molecular weight is 714 g/mol. The zero-order valence-corrected chi connectivity index (χ0v) is 26.3. The number of hydrogen-bond donors (Lipinski definition) is 13. The van der Waals surface area contributed by atoms with E-state index in [2.05, 4.69) is 31.2 Å². The number of nitrogens with zero attached hydrogens (tertiary/aromatic N) is 1. The summed E-state index contributed by atoms with van der Waals surface area (Å²) in [4.78, 5) is 117. The van der Waals surface area contributed by atoms with Crippen molar-refractivity contribution in [1.82, 2.24) is 47.2 Å². The van der Waals surface area contributed by atoms with Crippen molar-refractivity contribution in [3.63, 3.8) is 0 Å². The number of imidazole rings is 1. The maximum atomic E-state index is 13.0. The van der Waals surface area contributed by atoms with Crippen molar-refractivity contribution in [2.75, 3.05) is 26.3 Å². The molecule has 6 atom stereocenters. The van der Waals surface area contributed by atoms with E-state index >= 15 is 0 Å². The lowest BCUT2D eigenvalue weighted by Crippen LogP contribution is -2.60. The zero-order valence-electron chi connectivity index (χ0n) is 26.3. The molecule has 276 valence electrons. The number of aromatic amines is 1. The van der Waals surface area contributed by atoms with Crippen LogP contribution in [0.15, 0.2) is 12.5 Å². The molecule has 0 aliphatic carbocycles. The second-order valence-electron chi connectivity index (χ2n) is 10.9. The Morgan fingerprint density at radius 1 is 0.740 bits per heavy atom. The fourth-order valence-electron chi connectivity index (χ4n) is 4.51. The molecule has 0 bridgehead atoms. The van der Waals surface area contributed by atoms with Crippen molar-refractivity contribution in [3.8, 4) is 0 Å². The first-order valence-electron chi connectivity index (χ1n) is 15.0. The van der Waals surface area contributed by atoms with E-state index in [0.29, 0.717) is 18.7 Å². The molecule has 50 heavy (non-hydrogen) atoms. The summed E-state index contributed by atoms with van der Waals surface area (Å²) in [5.74, 6) is -11.3. The van der Waals surface area contributed by atoms with Gasteiger partial charge in [-0.05, 0) is 19.4 Å². The Labute approximate surface area is 282 Å². The highest BCUT2D eigenvalue weighted by Crippen LogP contribution is 2.05. The minimum absolute atomic E-state index is 0.245. The summed E-state index contributed by atoms with van der Waals surface area (Å²) in [6, 6.07) is -9.61. The first-order chi connectivity index (χ1) is 23.6. The van der Waals surface area contributed by atoms with Crippen molar-refractivity contribution in [2.24, 2.45) is 0 Å². The molecule has 1 fully saturated rings. The molecular formula is C27H39N9O14. The Bertz CT molecular complexity index is 1400. The van der Waals surface area contributed by atoms with Crippen molar-refractivity contribution in [3.05, 3.63) is 18.2 Å². The number of carbonyl (C=O) groups is 9. The lowest BCUT2D eigenvalue weighted by molar-refractivity contribution is -0.143. The van der Waals surface area contributed by atoms with Crippen LogP contribution in [0.25, 0.3) is 0 Å². The molecule has 23 heteroatoms. The molecule has 0 aromatic carbocycles. The predicted molar refractivity (Wildman–Crippen MR) is 162 cm³/mol. The number of aliphatic carboxylic acids is 3. The van der Waals surface area contributed by atoms with E-state index in [4.69, 9.17) is 0 Å². The Morgan fingerprint density at radius 3 is 1.68 bits per heavy atom. The standard InChI is InChI=1S/C27H39N9O14/c37-9-17(25(47)34-16(27(49)50)4-12-7-28-11-31-12)36-26(48)18(10-38)35-24(46)15(6-21(42)43)33-23(45)14(5-20(40)41)32-19(39)8-30-22(44)13-2-1-3-29-13/h7,11,13-18,29,37-38H,1-6,8-10H2,(H,28,31)(H,30,44)(H,32,39)(H,33,45)(H,34,47)(H,35,46)(H,36,48)(H,40,41)(H,42,43)(H,49,50)/t13-,14-,15-,16-,17-,18-/m0/s1. The monoisotopic (exact) mass is 713 g/mol. The van der Waals surface area contributed by atoms with E-state index in [1.807, 2.05) is 16.0 Å². The minimum Gasteiger partial charge on any atom is -0.481 e. The second kappa shape index (κ2) is 20.0. The van der Waals surface area contributed by atoms with Crippen molar-refractivity contribution >= 4 is 53.4 Å². The quantitative estimate of drug-likeness (QED) is 0.0563. The van der Waals surface area contributed by atoms with Gasteiger partial charge >= 0.3 is 17.9 Å². The fourth-order valence-corrected chi connectivity index (χ4v) is 4.51. The lowest BCUT2D eigenvalue weighted by Gasteiger charge is -2.25. The van der Waals surface area contributed by atoms with Gasteiger partial charge in [0.05, 0.1) is 45.0 Å². The molecule has 0 spiro atoms. The molecule has 1 aliphatic heterocycles. The average Bonchev–Trinajstić information content (AvgIpc) is 3.78. The normalized spacial score (nSPS) is 16.7. The second-order valence-corrected chi connectivity index (χ2v) is 10.9. The molecule has 1 aromatic rings. The number of carbonyl (C=O) groups excluding carboxylic acids is 6. The van der Waals surface area contributed by atoms with Crippen LogP contribution in [0.1, 0.15) is 31.4 Å². The number of aliphatic hydroxyl groups is 2. The number of carboxylic acid groups (broad SMARTS) is 3. The molecule has 1 aromatic heterocycles. The van der Waals surface area contributed by atoms with Gasteiger partial charge in [0.2, 0.25) is 35.4 Å². The van der Waals surface area contributed by atoms with Crippen LogP contribution in [0.3, 0.4) is 0 Å². The van der Waals surface area contributed by atoms with Gasteiger partial charge in [0.1, 0.15) is 30.2 Å². The number of nitrogens with one attached hydrogen (secondary N) is 8. The van der Waals surface area contributed by atoms with E-state index in [1.54, 1.807) is 0 Å². The van der Waals surface area contributed by atoms with Gasteiger partial charge in [-0.3, -0.25) is 38.4 Å². The summed E-state index contributed by atoms with van der Waals surface area (Å²) in [5.41, 5.74) is 0.339. The molecule has 1 saturated heterocycles. The molecule has 2 rings (SSSR count). The topological polar surface area (TPSA) is 368 Å². The van der Waals surface area contributed by atoms with Crippen molar-refractivity contribution in [1.29, 1.82) is 0 Å². The van der Waals surface area contributed by atoms with Gasteiger partial charge in [0, 0.05) is 18.3 Å². The first kappa shape index (κ1) is 40.5. The van der Waals surface area contributed by atoms with Gasteiger partial charge in [0.15, 0.2) is 0 Å². The van der Waals surface area contributed by atoms with Crippen molar-refractivity contribution in [2.45, 2.75) is 68.4 Å². The molecular weight excluding hydrogens is 674 g/mol. The number of rotatable bonds is 21. The molecule has 23 nitrogen and oxygen atoms in total. The molecule has 2 heterocycles. The van der Waals surface area contributed by atoms with E-state index in [0.717, 1.165) is 6.42 Å². The van der Waals surface area contributed by atoms with Gasteiger partial charge in [-0.2, -0.15) is 0 Å². The first-order valence-corrected chi connectivity index (χ1v) is 15.0. The zero-order chi connectivity index (χ0) is 37.4. The number of hydrogen-bond acceptors (Lipinski definition) is 13. The van der Waals surface area contributed by atoms with Gasteiger partial charge in [-0.25, -0.2) is 9.78 Å². The molecule has 0 radical (unpaired) electrons. The molecule has 1 aliphatic rings. The molecule has 13 N–H and O–H groups in total. The fraction of sp³-hybridized carbons (Fsp3) is 0.556. The number of aromatic nitrogens is 2. The summed E-state index contributed by atoms with van der Waals surface area (Å²) >= 11 is 0. The van der Waals surface area contributed by atoms with Crippen LogP contribution in [0.4, 0.5) is 0 Å². The van der Waals surface area contributed by atoms with E-state index in [1.165, 1.54) is 12.5 Å². The third kappa shape index (κ3) is 13.4.